The van der Waals surface area contributed by atoms with Gasteiger partial charge >= 0.3 is 0 Å². The van der Waals surface area contributed by atoms with E-state index >= 15 is 0 Å². The number of methoxy groups -OCH3 is 2. The summed E-state index contributed by atoms with van der Waals surface area (Å²) in [6.07, 6.45) is 0. The lowest BCUT2D eigenvalue weighted by Crippen LogP contribution is -2.43. The summed E-state index contributed by atoms with van der Waals surface area (Å²) < 4.78 is 16.5. The topological polar surface area (TPSA) is 85.9 Å². The molecule has 2 rings (SSSR count). The molecule has 0 atom stereocenters. The molecule has 0 aliphatic heterocycles. The van der Waals surface area contributed by atoms with Gasteiger partial charge in [-0.15, -0.1) is 0 Å². The molecule has 0 heterocycles. The van der Waals surface area contributed by atoms with Gasteiger partial charge in [-0.05, 0) is 36.4 Å². The van der Waals surface area contributed by atoms with Crippen LogP contribution in [0.5, 0.6) is 17.2 Å². The van der Waals surface area contributed by atoms with Crippen molar-refractivity contribution >= 4 is 27.7 Å². The minimum Gasteiger partial charge on any atom is -0.493 e. The van der Waals surface area contributed by atoms with Gasteiger partial charge in [0.1, 0.15) is 5.75 Å². The molecule has 2 aromatic carbocycles. The molecule has 0 saturated carbocycles. The molecule has 25 heavy (non-hydrogen) atoms. The number of rotatable bonds is 6. The number of hydrogen-bond acceptors (Lipinski definition) is 5. The Morgan fingerprint density at radius 3 is 2.36 bits per heavy atom. The summed E-state index contributed by atoms with van der Waals surface area (Å²) in [7, 11) is 2.90. The quantitative estimate of drug-likeness (QED) is 0.716. The van der Waals surface area contributed by atoms with E-state index in [1.165, 1.54) is 14.2 Å². The van der Waals surface area contributed by atoms with Crippen molar-refractivity contribution < 1.29 is 23.8 Å². The van der Waals surface area contributed by atoms with Crippen LogP contribution >= 0.6 is 15.9 Å². The second-order valence-electron chi connectivity index (χ2n) is 4.79. The summed E-state index contributed by atoms with van der Waals surface area (Å²) in [6.45, 7) is -0.239. The molecule has 0 fully saturated rings. The van der Waals surface area contributed by atoms with Crippen LogP contribution in [0.25, 0.3) is 0 Å². The first-order chi connectivity index (χ1) is 12.0. The molecule has 8 heteroatoms. The van der Waals surface area contributed by atoms with Crippen LogP contribution in [0.4, 0.5) is 0 Å². The van der Waals surface area contributed by atoms with E-state index in [0.29, 0.717) is 11.5 Å². The summed E-state index contributed by atoms with van der Waals surface area (Å²) >= 11 is 3.31. The number of carbonyl (C=O) groups is 2. The molecular weight excluding hydrogens is 392 g/mol. The van der Waals surface area contributed by atoms with Crippen LogP contribution in [-0.2, 0) is 4.79 Å². The predicted octanol–water partition coefficient (Wildman–Crippen LogP) is 2.31. The number of carbonyl (C=O) groups excluding carboxylic acids is 2. The van der Waals surface area contributed by atoms with E-state index in [1.807, 2.05) is 0 Å². The summed E-state index contributed by atoms with van der Waals surface area (Å²) in [5, 5.41) is 0. The zero-order valence-corrected chi connectivity index (χ0v) is 15.3. The van der Waals surface area contributed by atoms with Crippen molar-refractivity contribution in [2.24, 2.45) is 0 Å². The average Bonchev–Trinajstić information content (AvgIpc) is 2.64. The molecular formula is C17H17BrN2O5. The fraction of sp³-hybridized carbons (Fsp3) is 0.176. The van der Waals surface area contributed by atoms with Crippen molar-refractivity contribution in [1.29, 1.82) is 0 Å². The zero-order chi connectivity index (χ0) is 18.2. The molecule has 0 spiro atoms. The molecule has 0 aromatic heterocycles. The van der Waals surface area contributed by atoms with Crippen molar-refractivity contribution in [3.8, 4) is 17.2 Å². The van der Waals surface area contributed by atoms with Crippen molar-refractivity contribution in [3.05, 3.63) is 52.5 Å². The van der Waals surface area contributed by atoms with Crippen molar-refractivity contribution in [1.82, 2.24) is 10.9 Å². The van der Waals surface area contributed by atoms with Crippen LogP contribution in [0.15, 0.2) is 46.9 Å². The van der Waals surface area contributed by atoms with Gasteiger partial charge in [0.15, 0.2) is 18.1 Å². The van der Waals surface area contributed by atoms with E-state index < -0.39 is 11.8 Å². The highest BCUT2D eigenvalue weighted by molar-refractivity contribution is 9.10. The third-order valence-electron chi connectivity index (χ3n) is 3.15. The minimum atomic E-state index is -0.534. The third kappa shape index (κ3) is 5.12. The molecule has 2 aromatic rings. The number of nitrogens with one attached hydrogen (secondary N) is 2. The van der Waals surface area contributed by atoms with Gasteiger partial charge in [0.2, 0.25) is 0 Å². The van der Waals surface area contributed by atoms with Crippen LogP contribution in [-0.4, -0.2) is 32.6 Å². The molecule has 0 saturated heterocycles. The van der Waals surface area contributed by atoms with Gasteiger partial charge in [-0.1, -0.05) is 22.0 Å². The number of para-hydroxylation sites is 1. The SMILES string of the molecule is COc1cccc(C(=O)NNC(=O)COc2ccc(Br)cc2)c1OC. The van der Waals surface area contributed by atoms with Gasteiger partial charge in [-0.3, -0.25) is 20.4 Å². The summed E-state index contributed by atoms with van der Waals surface area (Å²) in [6, 6.07) is 11.9. The fourth-order valence-corrected chi connectivity index (χ4v) is 2.24. The Balaban J connectivity index is 1.89. The van der Waals surface area contributed by atoms with Gasteiger partial charge in [0, 0.05) is 4.47 Å². The number of amides is 2. The Bertz CT molecular complexity index is 749. The van der Waals surface area contributed by atoms with Crippen LogP contribution in [0.1, 0.15) is 10.4 Å². The molecule has 0 unspecified atom stereocenters. The maximum atomic E-state index is 12.2. The van der Waals surface area contributed by atoms with Crippen molar-refractivity contribution in [2.45, 2.75) is 0 Å². The molecule has 2 amide bonds. The predicted molar refractivity (Wildman–Crippen MR) is 94.8 cm³/mol. The summed E-state index contributed by atoms with van der Waals surface area (Å²) in [5.74, 6) is 0.202. The standard InChI is InChI=1S/C17H17BrN2O5/c1-23-14-5-3-4-13(16(14)24-2)17(22)20-19-15(21)10-25-12-8-6-11(18)7-9-12/h3-9H,10H2,1-2H3,(H,19,21)(H,20,22). The fourth-order valence-electron chi connectivity index (χ4n) is 1.98. The number of hydrogen-bond donors (Lipinski definition) is 2. The lowest BCUT2D eigenvalue weighted by atomic mass is 10.2. The van der Waals surface area contributed by atoms with Gasteiger partial charge < -0.3 is 14.2 Å². The van der Waals surface area contributed by atoms with Crippen molar-refractivity contribution in [3.63, 3.8) is 0 Å². The van der Waals surface area contributed by atoms with Gasteiger partial charge in [0.25, 0.3) is 11.8 Å². The Labute approximate surface area is 153 Å². The summed E-state index contributed by atoms with van der Waals surface area (Å²) in [5.41, 5.74) is 4.82. The summed E-state index contributed by atoms with van der Waals surface area (Å²) in [4.78, 5) is 24.0. The van der Waals surface area contributed by atoms with E-state index in [-0.39, 0.29) is 17.9 Å². The molecule has 0 aliphatic rings. The van der Waals surface area contributed by atoms with Crippen LogP contribution in [0.2, 0.25) is 0 Å². The van der Waals surface area contributed by atoms with E-state index in [2.05, 4.69) is 26.8 Å². The lowest BCUT2D eigenvalue weighted by molar-refractivity contribution is -0.123. The molecule has 0 aliphatic carbocycles. The molecule has 0 bridgehead atoms. The number of ether oxygens (including phenoxy) is 3. The first kappa shape index (κ1) is 18.6. The van der Waals surface area contributed by atoms with E-state index in [9.17, 15) is 9.59 Å². The number of benzene rings is 2. The number of hydrazine groups is 1. The highest BCUT2D eigenvalue weighted by Gasteiger charge is 2.16. The maximum absolute atomic E-state index is 12.2. The Kier molecular flexibility index (Phi) is 6.64. The molecule has 132 valence electrons. The van der Waals surface area contributed by atoms with E-state index in [1.54, 1.807) is 42.5 Å². The van der Waals surface area contributed by atoms with Gasteiger partial charge in [-0.2, -0.15) is 0 Å². The van der Waals surface area contributed by atoms with Crippen LogP contribution in [0, 0.1) is 0 Å². The first-order valence-electron chi connectivity index (χ1n) is 7.23. The third-order valence-corrected chi connectivity index (χ3v) is 3.68. The molecule has 0 radical (unpaired) electrons. The average molecular weight is 409 g/mol. The monoisotopic (exact) mass is 408 g/mol. The Hall–Kier alpha value is -2.74. The second-order valence-corrected chi connectivity index (χ2v) is 5.70. The Morgan fingerprint density at radius 2 is 1.72 bits per heavy atom. The Morgan fingerprint density at radius 1 is 1.00 bits per heavy atom. The van der Waals surface area contributed by atoms with Crippen LogP contribution in [0.3, 0.4) is 0 Å². The smallest absolute Gasteiger partial charge is 0.276 e. The highest BCUT2D eigenvalue weighted by Crippen LogP contribution is 2.30. The van der Waals surface area contributed by atoms with E-state index in [0.717, 1.165) is 4.47 Å². The minimum absolute atomic E-state index is 0.232. The van der Waals surface area contributed by atoms with Crippen LogP contribution < -0.4 is 25.1 Å². The molecule has 7 nitrogen and oxygen atoms in total. The van der Waals surface area contributed by atoms with Gasteiger partial charge in [-0.25, -0.2) is 0 Å². The highest BCUT2D eigenvalue weighted by atomic mass is 79.9. The lowest BCUT2D eigenvalue weighted by Gasteiger charge is -2.13. The normalized spacial score (nSPS) is 9.88. The first-order valence-corrected chi connectivity index (χ1v) is 8.03. The zero-order valence-electron chi connectivity index (χ0n) is 13.7. The van der Waals surface area contributed by atoms with Gasteiger partial charge in [0.05, 0.1) is 19.8 Å². The van der Waals surface area contributed by atoms with Crippen molar-refractivity contribution in [2.75, 3.05) is 20.8 Å². The number of halogens is 1. The second kappa shape index (κ2) is 8.93. The largest absolute Gasteiger partial charge is 0.493 e. The van der Waals surface area contributed by atoms with E-state index in [4.69, 9.17) is 14.2 Å². The maximum Gasteiger partial charge on any atom is 0.276 e. The molecule has 2 N–H and O–H groups in total.